The molecule has 11 nitrogen and oxygen atoms in total. The van der Waals surface area contributed by atoms with Crippen LogP contribution in [0.15, 0.2) is 48.5 Å². The summed E-state index contributed by atoms with van der Waals surface area (Å²) in [6, 6.07) is 13.8. The summed E-state index contributed by atoms with van der Waals surface area (Å²) in [6.45, 7) is 0. The Morgan fingerprint density at radius 2 is 1.53 bits per heavy atom. The van der Waals surface area contributed by atoms with E-state index < -0.39 is 52.8 Å². The molecule has 0 amide bonds. The fourth-order valence-electron chi connectivity index (χ4n) is 4.32. The van der Waals surface area contributed by atoms with Gasteiger partial charge in [0.2, 0.25) is 6.29 Å². The highest BCUT2D eigenvalue weighted by atomic mass is 32.3. The fraction of sp³-hybridized carbons (Fsp3) is 0.227. The summed E-state index contributed by atoms with van der Waals surface area (Å²) < 4.78 is 48.0. The molecule has 34 heavy (non-hydrogen) atoms. The summed E-state index contributed by atoms with van der Waals surface area (Å²) in [5.41, 5.74) is 0. The van der Waals surface area contributed by atoms with Gasteiger partial charge < -0.3 is 34.1 Å². The van der Waals surface area contributed by atoms with Gasteiger partial charge in [-0.25, -0.2) is 4.79 Å². The summed E-state index contributed by atoms with van der Waals surface area (Å²) in [4.78, 5) is 11.4. The number of aliphatic hydroxyl groups is 3. The summed E-state index contributed by atoms with van der Waals surface area (Å²) in [7, 11) is -5.01. The Morgan fingerprint density at radius 1 is 0.882 bits per heavy atom. The quantitative estimate of drug-likeness (QED) is 0.199. The van der Waals surface area contributed by atoms with E-state index in [0.717, 1.165) is 16.2 Å². The highest BCUT2D eigenvalue weighted by molar-refractivity contribution is 7.81. The Morgan fingerprint density at radius 3 is 2.18 bits per heavy atom. The number of ether oxygens (including phenoxy) is 2. The molecule has 0 bridgehead atoms. The van der Waals surface area contributed by atoms with E-state index in [1.165, 1.54) is 6.07 Å². The second-order valence-corrected chi connectivity index (χ2v) is 8.95. The highest BCUT2D eigenvalue weighted by Gasteiger charge is 2.48. The van der Waals surface area contributed by atoms with Crippen molar-refractivity contribution in [1.29, 1.82) is 0 Å². The van der Waals surface area contributed by atoms with Crippen LogP contribution in [-0.2, 0) is 19.9 Å². The predicted molar refractivity (Wildman–Crippen MR) is 117 cm³/mol. The first-order chi connectivity index (χ1) is 16.0. The zero-order valence-electron chi connectivity index (χ0n) is 17.1. The molecule has 5 atom stereocenters. The standard InChI is InChI=1S/C22H18O11S/c23-16-17(24)20(21(26)27)32-22(18(16)25)31-19-12-7-6-10-3-1-2-9-4-5-11(15(12)14(9)10)8-13(19)33-34(28,29)30/h1-8,16-18,20,22-25H,(H,26,27)(H,28,29,30)/t16-,17-,18+,20-,22?/m0/s1. The maximum atomic E-state index is 11.5. The third-order valence-electron chi connectivity index (χ3n) is 5.81. The molecule has 1 fully saturated rings. The van der Waals surface area contributed by atoms with Crippen molar-refractivity contribution in [1.82, 2.24) is 0 Å². The van der Waals surface area contributed by atoms with Gasteiger partial charge in [0, 0.05) is 10.8 Å². The van der Waals surface area contributed by atoms with Gasteiger partial charge in [0.05, 0.1) is 0 Å². The maximum Gasteiger partial charge on any atom is 0.446 e. The fourth-order valence-corrected chi connectivity index (χ4v) is 4.67. The maximum absolute atomic E-state index is 11.5. The van der Waals surface area contributed by atoms with Crippen molar-refractivity contribution in [2.75, 3.05) is 0 Å². The van der Waals surface area contributed by atoms with E-state index in [9.17, 15) is 38.2 Å². The number of benzene rings is 4. The average Bonchev–Trinajstić information content (AvgIpc) is 2.77. The van der Waals surface area contributed by atoms with Crippen LogP contribution in [0.4, 0.5) is 0 Å². The van der Waals surface area contributed by atoms with Crippen molar-refractivity contribution in [3.8, 4) is 11.5 Å². The Balaban J connectivity index is 1.72. The summed E-state index contributed by atoms with van der Waals surface area (Å²) in [5.74, 6) is -2.37. The van der Waals surface area contributed by atoms with Gasteiger partial charge >= 0.3 is 16.4 Å². The van der Waals surface area contributed by atoms with Crippen molar-refractivity contribution in [3.63, 3.8) is 0 Å². The molecule has 5 rings (SSSR count). The van der Waals surface area contributed by atoms with E-state index >= 15 is 0 Å². The zero-order chi connectivity index (χ0) is 24.4. The Labute approximate surface area is 191 Å². The number of hydrogen-bond donors (Lipinski definition) is 5. The number of hydrogen-bond acceptors (Lipinski definition) is 9. The number of aliphatic carboxylic acids is 1. The molecule has 1 aliphatic rings. The van der Waals surface area contributed by atoms with Crippen LogP contribution in [0.1, 0.15) is 0 Å². The molecule has 0 aromatic heterocycles. The molecule has 4 aromatic rings. The lowest BCUT2D eigenvalue weighted by Gasteiger charge is -2.38. The first-order valence-electron chi connectivity index (χ1n) is 10.0. The molecular formula is C22H18O11S. The largest absolute Gasteiger partial charge is 0.479 e. The second-order valence-electron chi connectivity index (χ2n) is 7.92. The van der Waals surface area contributed by atoms with Gasteiger partial charge in [-0.3, -0.25) is 4.55 Å². The first-order valence-corrected chi connectivity index (χ1v) is 11.4. The normalized spacial score (nSPS) is 25.7. The van der Waals surface area contributed by atoms with Crippen molar-refractivity contribution >= 4 is 48.7 Å². The van der Waals surface area contributed by atoms with Gasteiger partial charge in [-0.15, -0.1) is 0 Å². The molecule has 1 aliphatic heterocycles. The molecule has 12 heteroatoms. The van der Waals surface area contributed by atoms with Crippen LogP contribution in [0.3, 0.4) is 0 Å². The van der Waals surface area contributed by atoms with Crippen LogP contribution < -0.4 is 8.92 Å². The van der Waals surface area contributed by atoms with Crippen LogP contribution in [0.2, 0.25) is 0 Å². The number of rotatable bonds is 5. The minimum absolute atomic E-state index is 0.292. The van der Waals surface area contributed by atoms with Crippen LogP contribution in [-0.4, -0.2) is 70.1 Å². The minimum atomic E-state index is -5.01. The topological polar surface area (TPSA) is 180 Å². The third kappa shape index (κ3) is 3.66. The number of carboxylic acids is 1. The van der Waals surface area contributed by atoms with E-state index in [-0.39, 0.29) is 5.75 Å². The third-order valence-corrected chi connectivity index (χ3v) is 6.20. The van der Waals surface area contributed by atoms with E-state index in [0.29, 0.717) is 16.2 Å². The molecule has 4 aromatic carbocycles. The summed E-state index contributed by atoms with van der Waals surface area (Å²) >= 11 is 0. The lowest BCUT2D eigenvalue weighted by molar-refractivity contribution is -0.271. The number of carbonyl (C=O) groups is 1. The zero-order valence-corrected chi connectivity index (χ0v) is 17.9. The molecule has 0 aliphatic carbocycles. The highest BCUT2D eigenvalue weighted by Crippen LogP contribution is 2.45. The number of aliphatic hydroxyl groups excluding tert-OH is 3. The van der Waals surface area contributed by atoms with Crippen molar-refractivity contribution in [2.45, 2.75) is 30.7 Å². The molecule has 1 saturated heterocycles. The molecular weight excluding hydrogens is 472 g/mol. The molecule has 0 saturated carbocycles. The van der Waals surface area contributed by atoms with E-state index in [4.69, 9.17) is 13.7 Å². The number of carboxylic acid groups (broad SMARTS) is 1. The van der Waals surface area contributed by atoms with Crippen LogP contribution in [0, 0.1) is 0 Å². The van der Waals surface area contributed by atoms with E-state index in [1.54, 1.807) is 18.2 Å². The molecule has 178 valence electrons. The van der Waals surface area contributed by atoms with Gasteiger partial charge in [-0.05, 0) is 33.7 Å². The van der Waals surface area contributed by atoms with Crippen LogP contribution >= 0.6 is 0 Å². The van der Waals surface area contributed by atoms with E-state index in [2.05, 4.69) is 0 Å². The van der Waals surface area contributed by atoms with Gasteiger partial charge in [0.1, 0.15) is 18.3 Å². The van der Waals surface area contributed by atoms with Crippen LogP contribution in [0.5, 0.6) is 11.5 Å². The molecule has 0 spiro atoms. The van der Waals surface area contributed by atoms with Gasteiger partial charge in [-0.2, -0.15) is 8.42 Å². The second kappa shape index (κ2) is 7.91. The molecule has 1 heterocycles. The molecule has 5 N–H and O–H groups in total. The Bertz CT molecular complexity index is 1500. The van der Waals surface area contributed by atoms with Crippen molar-refractivity contribution in [2.24, 2.45) is 0 Å². The summed E-state index contributed by atoms with van der Waals surface area (Å²) in [5, 5.41) is 43.8. The van der Waals surface area contributed by atoms with Gasteiger partial charge in [0.25, 0.3) is 0 Å². The minimum Gasteiger partial charge on any atom is -0.479 e. The van der Waals surface area contributed by atoms with Crippen LogP contribution in [0.25, 0.3) is 32.3 Å². The monoisotopic (exact) mass is 490 g/mol. The van der Waals surface area contributed by atoms with Gasteiger partial charge in [0.15, 0.2) is 17.6 Å². The smallest absolute Gasteiger partial charge is 0.446 e. The molecule has 1 unspecified atom stereocenters. The predicted octanol–water partition coefficient (Wildman–Crippen LogP) is 1.04. The van der Waals surface area contributed by atoms with Crippen molar-refractivity contribution < 1.29 is 51.8 Å². The first kappa shape index (κ1) is 22.5. The summed E-state index contributed by atoms with van der Waals surface area (Å²) in [6.07, 6.45) is -9.55. The lowest BCUT2D eigenvalue weighted by Crippen LogP contribution is -2.61. The lowest BCUT2D eigenvalue weighted by atomic mass is 9.93. The SMILES string of the molecule is O=C(O)[C@H]1OC(Oc2c(OS(=O)(=O)O)cc3ccc4cccc5ccc2c3c45)[C@H](O)[C@@H](O)[C@@H]1O. The average molecular weight is 490 g/mol. The van der Waals surface area contributed by atoms with Gasteiger partial charge in [-0.1, -0.05) is 36.4 Å². The Kier molecular flexibility index (Phi) is 5.24. The Hall–Kier alpha value is -3.26. The van der Waals surface area contributed by atoms with Crippen molar-refractivity contribution in [3.05, 3.63) is 48.5 Å². The molecule has 0 radical (unpaired) electrons. The van der Waals surface area contributed by atoms with E-state index in [1.807, 2.05) is 24.3 Å².